The Bertz CT molecular complexity index is 1020. The van der Waals surface area contributed by atoms with Gasteiger partial charge in [0.05, 0.1) is 11.4 Å². The van der Waals surface area contributed by atoms with E-state index in [-0.39, 0.29) is 18.2 Å². The number of aryl methyl sites for hydroxylation is 1. The first kappa shape index (κ1) is 20.0. The minimum absolute atomic E-state index is 0.0533. The molecule has 0 aliphatic heterocycles. The first-order valence-electron chi connectivity index (χ1n) is 8.91. The molecule has 0 aromatic carbocycles. The predicted octanol–water partition coefficient (Wildman–Crippen LogP) is 2.87. The Kier molecular flexibility index (Phi) is 5.79. The number of aromatic nitrogens is 4. The van der Waals surface area contributed by atoms with Gasteiger partial charge in [-0.3, -0.25) is 14.3 Å². The second kappa shape index (κ2) is 8.10. The Morgan fingerprint density at radius 1 is 1.29 bits per heavy atom. The molecule has 2 aromatic heterocycles. The van der Waals surface area contributed by atoms with E-state index in [4.69, 9.17) is 0 Å². The number of amides is 1. The van der Waals surface area contributed by atoms with E-state index >= 15 is 0 Å². The minimum atomic E-state index is -0.321. The third-order valence-electron chi connectivity index (χ3n) is 4.73. The van der Waals surface area contributed by atoms with Gasteiger partial charge in [-0.15, -0.1) is 0 Å². The standard InChI is InChI=1S/C20H23N5O2S/c1-11-8-12(2)14(16(26)9-11)10-21-19(27)18-13(3)17(23-20(24-18)28-5)15-6-7-22-25(15)4/h6-8H,9-10H2,1-5H3,(H,21,27). The van der Waals surface area contributed by atoms with Crippen molar-refractivity contribution < 1.29 is 9.59 Å². The van der Waals surface area contributed by atoms with Crippen molar-refractivity contribution in [2.75, 3.05) is 12.8 Å². The highest BCUT2D eigenvalue weighted by molar-refractivity contribution is 7.98. The van der Waals surface area contributed by atoms with Crippen LogP contribution in [0.5, 0.6) is 0 Å². The lowest BCUT2D eigenvalue weighted by Gasteiger charge is -2.17. The maximum atomic E-state index is 12.9. The first-order chi connectivity index (χ1) is 13.3. The first-order valence-corrected chi connectivity index (χ1v) is 10.1. The number of hydrogen-bond acceptors (Lipinski definition) is 6. The molecule has 146 valence electrons. The van der Waals surface area contributed by atoms with E-state index in [1.807, 2.05) is 46.2 Å². The van der Waals surface area contributed by atoms with Crippen LogP contribution in [0.4, 0.5) is 0 Å². The molecule has 0 fully saturated rings. The second-order valence-corrected chi connectivity index (χ2v) is 7.58. The number of Topliss-reactive ketones (excluding diaryl/α,β-unsaturated/α-hetero) is 1. The highest BCUT2D eigenvalue weighted by Gasteiger charge is 2.22. The van der Waals surface area contributed by atoms with E-state index in [1.54, 1.807) is 10.9 Å². The molecule has 2 aromatic rings. The molecule has 1 aliphatic carbocycles. The fraction of sp³-hybridized carbons (Fsp3) is 0.350. The third-order valence-corrected chi connectivity index (χ3v) is 5.27. The van der Waals surface area contributed by atoms with E-state index in [2.05, 4.69) is 20.4 Å². The van der Waals surface area contributed by atoms with Gasteiger partial charge in [0, 0.05) is 37.3 Å². The predicted molar refractivity (Wildman–Crippen MR) is 109 cm³/mol. The Hall–Kier alpha value is -2.74. The van der Waals surface area contributed by atoms with Crippen molar-refractivity contribution in [1.82, 2.24) is 25.1 Å². The molecule has 1 amide bonds. The number of rotatable bonds is 5. The quantitative estimate of drug-likeness (QED) is 0.616. The molecule has 0 saturated heterocycles. The monoisotopic (exact) mass is 397 g/mol. The number of hydrogen-bond donors (Lipinski definition) is 1. The Labute approximate surface area is 168 Å². The van der Waals surface area contributed by atoms with E-state index in [0.717, 1.165) is 16.8 Å². The zero-order valence-corrected chi connectivity index (χ0v) is 17.5. The summed E-state index contributed by atoms with van der Waals surface area (Å²) in [4.78, 5) is 34.1. The van der Waals surface area contributed by atoms with Gasteiger partial charge in [0.1, 0.15) is 5.69 Å². The van der Waals surface area contributed by atoms with Crippen molar-refractivity contribution in [2.24, 2.45) is 7.05 Å². The second-order valence-electron chi connectivity index (χ2n) is 6.81. The van der Waals surface area contributed by atoms with Gasteiger partial charge in [0.25, 0.3) is 5.91 Å². The van der Waals surface area contributed by atoms with Gasteiger partial charge in [-0.1, -0.05) is 23.4 Å². The summed E-state index contributed by atoms with van der Waals surface area (Å²) in [6, 6.07) is 1.85. The van der Waals surface area contributed by atoms with E-state index in [1.165, 1.54) is 11.8 Å². The smallest absolute Gasteiger partial charge is 0.270 e. The summed E-state index contributed by atoms with van der Waals surface area (Å²) in [5.74, 6) is -0.268. The number of carbonyl (C=O) groups is 2. The topological polar surface area (TPSA) is 89.8 Å². The van der Waals surface area contributed by atoms with Gasteiger partial charge in [-0.05, 0) is 38.7 Å². The normalized spacial score (nSPS) is 14.3. The van der Waals surface area contributed by atoms with E-state index < -0.39 is 0 Å². The average Bonchev–Trinajstić information content (AvgIpc) is 3.06. The van der Waals surface area contributed by atoms with Crippen molar-refractivity contribution in [2.45, 2.75) is 32.3 Å². The van der Waals surface area contributed by atoms with Crippen molar-refractivity contribution in [1.29, 1.82) is 0 Å². The molecule has 1 aliphatic rings. The minimum Gasteiger partial charge on any atom is -0.346 e. The Morgan fingerprint density at radius 3 is 2.64 bits per heavy atom. The lowest BCUT2D eigenvalue weighted by molar-refractivity contribution is -0.115. The fourth-order valence-corrected chi connectivity index (χ4v) is 3.61. The zero-order chi connectivity index (χ0) is 20.4. The highest BCUT2D eigenvalue weighted by Crippen LogP contribution is 2.25. The fourth-order valence-electron chi connectivity index (χ4n) is 3.24. The van der Waals surface area contributed by atoms with Crippen LogP contribution in [0.3, 0.4) is 0 Å². The maximum Gasteiger partial charge on any atom is 0.270 e. The zero-order valence-electron chi connectivity index (χ0n) is 16.7. The molecule has 0 unspecified atom stereocenters. The molecule has 0 atom stereocenters. The van der Waals surface area contributed by atoms with Crippen molar-refractivity contribution in [3.05, 3.63) is 46.3 Å². The summed E-state index contributed by atoms with van der Waals surface area (Å²) in [5, 5.41) is 7.55. The van der Waals surface area contributed by atoms with E-state index in [9.17, 15) is 9.59 Å². The number of ketones is 1. The van der Waals surface area contributed by atoms with Gasteiger partial charge in [-0.25, -0.2) is 9.97 Å². The molecule has 7 nitrogen and oxygen atoms in total. The summed E-state index contributed by atoms with van der Waals surface area (Å²) < 4.78 is 1.71. The van der Waals surface area contributed by atoms with Crippen LogP contribution in [0.15, 0.2) is 40.2 Å². The van der Waals surface area contributed by atoms with E-state index in [0.29, 0.717) is 34.1 Å². The lowest BCUT2D eigenvalue weighted by atomic mass is 9.92. The van der Waals surface area contributed by atoms with Gasteiger partial charge in [0.2, 0.25) is 0 Å². The van der Waals surface area contributed by atoms with Gasteiger partial charge < -0.3 is 5.32 Å². The van der Waals surface area contributed by atoms with Gasteiger partial charge >= 0.3 is 0 Å². The van der Waals surface area contributed by atoms with Crippen molar-refractivity contribution in [3.63, 3.8) is 0 Å². The number of nitrogens with one attached hydrogen (secondary N) is 1. The Balaban J connectivity index is 1.91. The Morgan fingerprint density at radius 2 is 2.04 bits per heavy atom. The number of thioether (sulfide) groups is 1. The lowest BCUT2D eigenvalue weighted by Crippen LogP contribution is -2.30. The summed E-state index contributed by atoms with van der Waals surface area (Å²) in [6.07, 6.45) is 5.94. The van der Waals surface area contributed by atoms with Crippen LogP contribution in [-0.4, -0.2) is 44.2 Å². The molecule has 0 saturated carbocycles. The van der Waals surface area contributed by atoms with Crippen LogP contribution in [0, 0.1) is 6.92 Å². The number of nitrogens with zero attached hydrogens (tertiary/aromatic N) is 4. The number of carbonyl (C=O) groups excluding carboxylic acids is 2. The summed E-state index contributed by atoms with van der Waals surface area (Å²) >= 11 is 1.37. The maximum absolute atomic E-state index is 12.9. The van der Waals surface area contributed by atoms with Gasteiger partial charge in [0.15, 0.2) is 10.9 Å². The summed E-state index contributed by atoms with van der Waals surface area (Å²) in [6.45, 7) is 5.84. The third kappa shape index (κ3) is 3.91. The molecule has 8 heteroatoms. The molecule has 2 heterocycles. The molecular formula is C20H23N5O2S. The van der Waals surface area contributed by atoms with Crippen molar-refractivity contribution in [3.8, 4) is 11.4 Å². The summed E-state index contributed by atoms with van der Waals surface area (Å²) in [5.41, 5.74) is 5.04. The molecule has 1 N–H and O–H groups in total. The van der Waals surface area contributed by atoms with Crippen molar-refractivity contribution >= 4 is 23.5 Å². The molecular weight excluding hydrogens is 374 g/mol. The molecule has 0 radical (unpaired) electrons. The van der Waals surface area contributed by atoms with Crippen LogP contribution in [0.2, 0.25) is 0 Å². The SMILES string of the molecule is CSc1nc(C(=O)NCC2=C(C)C=C(C)CC2=O)c(C)c(-c2ccnn2C)n1. The molecule has 0 bridgehead atoms. The van der Waals surface area contributed by atoms with Crippen LogP contribution in [-0.2, 0) is 11.8 Å². The van der Waals surface area contributed by atoms with Gasteiger partial charge in [-0.2, -0.15) is 5.10 Å². The van der Waals surface area contributed by atoms with Crippen LogP contribution in [0.25, 0.3) is 11.4 Å². The average molecular weight is 398 g/mol. The largest absolute Gasteiger partial charge is 0.346 e. The molecule has 3 rings (SSSR count). The number of allylic oxidation sites excluding steroid dienone is 3. The van der Waals surface area contributed by atoms with Crippen LogP contribution in [0.1, 0.15) is 36.3 Å². The molecule has 0 spiro atoms. The summed E-state index contributed by atoms with van der Waals surface area (Å²) in [7, 11) is 1.83. The van der Waals surface area contributed by atoms with Crippen LogP contribution >= 0.6 is 11.8 Å². The van der Waals surface area contributed by atoms with Crippen LogP contribution < -0.4 is 5.32 Å². The molecule has 28 heavy (non-hydrogen) atoms. The highest BCUT2D eigenvalue weighted by atomic mass is 32.2.